The van der Waals surface area contributed by atoms with Crippen LogP contribution in [0.5, 0.6) is 0 Å². The highest BCUT2D eigenvalue weighted by Gasteiger charge is 2.41. The number of rotatable bonds is 4. The fourth-order valence-corrected chi connectivity index (χ4v) is 5.40. The number of sulfonamides is 1. The average molecular weight is 433 g/mol. The van der Waals surface area contributed by atoms with Gasteiger partial charge in [0, 0.05) is 24.1 Å². The lowest BCUT2D eigenvalue weighted by molar-refractivity contribution is -0.114. The van der Waals surface area contributed by atoms with Gasteiger partial charge in [0.15, 0.2) is 5.17 Å². The molecule has 2 aliphatic heterocycles. The van der Waals surface area contributed by atoms with Crippen LogP contribution >= 0.6 is 11.8 Å². The Kier molecular flexibility index (Phi) is 5.01. The second kappa shape index (κ2) is 7.36. The molecular formula is C19H20N4O4S2. The third-order valence-electron chi connectivity index (χ3n) is 4.73. The molecule has 0 aliphatic carbocycles. The van der Waals surface area contributed by atoms with Gasteiger partial charge in [-0.15, -0.1) is 0 Å². The molecule has 2 heterocycles. The zero-order valence-electron chi connectivity index (χ0n) is 15.6. The van der Waals surface area contributed by atoms with Gasteiger partial charge in [0.05, 0.1) is 18.1 Å². The number of nitrogens with two attached hydrogens (primary N) is 1. The van der Waals surface area contributed by atoms with Crippen molar-refractivity contribution in [2.75, 3.05) is 22.4 Å². The van der Waals surface area contributed by atoms with Crippen LogP contribution in [0.4, 0.5) is 11.4 Å². The predicted molar refractivity (Wildman–Crippen MR) is 113 cm³/mol. The molecule has 2 aromatic rings. The molecule has 1 unspecified atom stereocenters. The first-order valence-corrected chi connectivity index (χ1v) is 11.3. The average Bonchev–Trinajstić information content (AvgIpc) is 3.03. The minimum absolute atomic E-state index is 0.0982. The summed E-state index contributed by atoms with van der Waals surface area (Å²) in [4.78, 5) is 15.8. The number of benzene rings is 2. The summed E-state index contributed by atoms with van der Waals surface area (Å²) < 4.78 is 33.9. The minimum Gasteiger partial charge on any atom is -0.379 e. The van der Waals surface area contributed by atoms with Crippen molar-refractivity contribution in [3.8, 4) is 0 Å². The molecule has 1 atom stereocenters. The maximum Gasteiger partial charge on any atom is 0.261 e. The fraction of sp³-hybridized carbons (Fsp3) is 0.263. The van der Waals surface area contributed by atoms with Crippen molar-refractivity contribution in [1.82, 2.24) is 0 Å². The topological polar surface area (TPSA) is 123 Å². The molecule has 152 valence electrons. The third kappa shape index (κ3) is 3.96. The second-order valence-corrected chi connectivity index (χ2v) is 9.62. The van der Waals surface area contributed by atoms with E-state index in [1.165, 1.54) is 30.8 Å². The van der Waals surface area contributed by atoms with Crippen LogP contribution in [0.2, 0.25) is 0 Å². The first-order valence-electron chi connectivity index (χ1n) is 8.87. The molecule has 0 radical (unpaired) electrons. The molecule has 1 spiro atoms. The summed E-state index contributed by atoms with van der Waals surface area (Å²) >= 11 is 1.47. The van der Waals surface area contributed by atoms with Crippen molar-refractivity contribution in [3.05, 3.63) is 53.6 Å². The number of aliphatic imine (C=N–C) groups is 1. The molecular weight excluding hydrogens is 412 g/mol. The molecule has 4 rings (SSSR count). The molecule has 0 saturated heterocycles. The van der Waals surface area contributed by atoms with E-state index in [1.807, 2.05) is 12.1 Å². The number of nitrogens with zero attached hydrogens (tertiary/aromatic N) is 1. The maximum atomic E-state index is 12.8. The van der Waals surface area contributed by atoms with Crippen molar-refractivity contribution < 1.29 is 17.9 Å². The van der Waals surface area contributed by atoms with Crippen LogP contribution in [0, 0.1) is 0 Å². The number of nitrogens with one attached hydrogen (secondary N) is 2. The smallest absolute Gasteiger partial charge is 0.261 e. The highest BCUT2D eigenvalue weighted by Crippen LogP contribution is 2.42. The number of carbonyl (C=O) groups is 1. The van der Waals surface area contributed by atoms with Crippen molar-refractivity contribution in [3.63, 3.8) is 0 Å². The Bertz CT molecular complexity index is 1100. The van der Waals surface area contributed by atoms with Gasteiger partial charge in [0.25, 0.3) is 10.0 Å². The SMILES string of the molecule is CC(=O)Nc1ccc(S(=O)(=O)Nc2ccc3c(c2)C2(COC3)CSC(N)=N2)cc1. The van der Waals surface area contributed by atoms with E-state index in [1.54, 1.807) is 18.2 Å². The summed E-state index contributed by atoms with van der Waals surface area (Å²) in [5.41, 5.74) is 8.17. The molecule has 29 heavy (non-hydrogen) atoms. The van der Waals surface area contributed by atoms with E-state index >= 15 is 0 Å². The Morgan fingerprint density at radius 1 is 1.21 bits per heavy atom. The van der Waals surface area contributed by atoms with E-state index in [2.05, 4.69) is 15.0 Å². The van der Waals surface area contributed by atoms with Crippen LogP contribution in [0.1, 0.15) is 18.1 Å². The van der Waals surface area contributed by atoms with Crippen LogP contribution in [-0.4, -0.2) is 31.9 Å². The van der Waals surface area contributed by atoms with Crippen LogP contribution in [0.15, 0.2) is 52.4 Å². The standard InChI is InChI=1S/C19H20N4O4S2/c1-12(24)21-14-4-6-16(7-5-14)29(25,26)23-15-3-2-13-9-27-10-19(17(13)8-15)11-28-18(20)22-19/h2-8,23H,9-11H2,1H3,(H2,20,22)(H,21,24). The van der Waals surface area contributed by atoms with Crippen molar-refractivity contribution in [1.29, 1.82) is 0 Å². The van der Waals surface area contributed by atoms with Gasteiger partial charge in [-0.1, -0.05) is 17.8 Å². The molecule has 8 nitrogen and oxygen atoms in total. The molecule has 0 aromatic heterocycles. The van der Waals surface area contributed by atoms with Gasteiger partial charge < -0.3 is 15.8 Å². The highest BCUT2D eigenvalue weighted by atomic mass is 32.2. The van der Waals surface area contributed by atoms with E-state index < -0.39 is 15.6 Å². The highest BCUT2D eigenvalue weighted by molar-refractivity contribution is 8.14. The number of thioether (sulfide) groups is 1. The first-order chi connectivity index (χ1) is 13.8. The number of ether oxygens (including phenoxy) is 1. The number of amidine groups is 1. The van der Waals surface area contributed by atoms with Crippen molar-refractivity contribution in [2.24, 2.45) is 10.7 Å². The van der Waals surface area contributed by atoms with Crippen LogP contribution in [-0.2, 0) is 31.7 Å². The number of fused-ring (bicyclic) bond motifs is 2. The summed E-state index contributed by atoms with van der Waals surface area (Å²) in [7, 11) is -3.79. The lowest BCUT2D eigenvalue weighted by Gasteiger charge is -2.32. The maximum absolute atomic E-state index is 12.8. The third-order valence-corrected chi connectivity index (χ3v) is 7.14. The summed E-state index contributed by atoms with van der Waals surface area (Å²) in [6, 6.07) is 11.3. The Morgan fingerprint density at radius 2 is 1.93 bits per heavy atom. The Hall–Kier alpha value is -2.56. The van der Waals surface area contributed by atoms with Gasteiger partial charge in [0.2, 0.25) is 5.91 Å². The number of hydrogen-bond acceptors (Lipinski definition) is 7. The summed E-state index contributed by atoms with van der Waals surface area (Å²) in [5.74, 6) is 0.436. The first kappa shape index (κ1) is 19.7. The molecule has 10 heteroatoms. The van der Waals surface area contributed by atoms with Crippen molar-refractivity contribution in [2.45, 2.75) is 24.0 Å². The second-order valence-electron chi connectivity index (χ2n) is 6.95. The van der Waals surface area contributed by atoms with Crippen molar-refractivity contribution >= 4 is 44.2 Å². The predicted octanol–water partition coefficient (Wildman–Crippen LogP) is 2.23. The van der Waals surface area contributed by atoms with E-state index in [4.69, 9.17) is 10.5 Å². The van der Waals surface area contributed by atoms with Gasteiger partial charge >= 0.3 is 0 Å². The summed E-state index contributed by atoms with van der Waals surface area (Å²) in [6.45, 7) is 2.25. The van der Waals surface area contributed by atoms with Crippen LogP contribution in [0.3, 0.4) is 0 Å². The van der Waals surface area contributed by atoms with Gasteiger partial charge in [-0.3, -0.25) is 9.52 Å². The van der Waals surface area contributed by atoms with Crippen LogP contribution < -0.4 is 15.8 Å². The number of hydrogen-bond donors (Lipinski definition) is 3. The number of amides is 1. The normalized spacial score (nSPS) is 20.8. The molecule has 2 aromatic carbocycles. The molecule has 0 saturated carbocycles. The van der Waals surface area contributed by atoms with E-state index in [0.717, 1.165) is 11.1 Å². The Balaban J connectivity index is 1.61. The molecule has 2 aliphatic rings. The van der Waals surface area contributed by atoms with Gasteiger partial charge in [0.1, 0.15) is 5.54 Å². The van der Waals surface area contributed by atoms with E-state index in [9.17, 15) is 13.2 Å². The molecule has 4 N–H and O–H groups in total. The number of anilines is 2. The zero-order chi connectivity index (χ0) is 20.6. The summed E-state index contributed by atoms with van der Waals surface area (Å²) in [5, 5.41) is 3.11. The largest absolute Gasteiger partial charge is 0.379 e. The lowest BCUT2D eigenvalue weighted by atomic mass is 9.87. The summed E-state index contributed by atoms with van der Waals surface area (Å²) in [6.07, 6.45) is 0. The van der Waals surface area contributed by atoms with Gasteiger partial charge in [-0.2, -0.15) is 0 Å². The quantitative estimate of drug-likeness (QED) is 0.681. The van der Waals surface area contributed by atoms with E-state index in [-0.39, 0.29) is 10.8 Å². The van der Waals surface area contributed by atoms with Crippen LogP contribution in [0.25, 0.3) is 0 Å². The molecule has 1 amide bonds. The zero-order valence-corrected chi connectivity index (χ0v) is 17.3. The van der Waals surface area contributed by atoms with Gasteiger partial charge in [-0.05, 0) is 47.5 Å². The minimum atomic E-state index is -3.79. The number of carbonyl (C=O) groups excluding carboxylic acids is 1. The fourth-order valence-electron chi connectivity index (χ4n) is 3.42. The Morgan fingerprint density at radius 3 is 2.59 bits per heavy atom. The monoisotopic (exact) mass is 432 g/mol. The Labute approximate surface area is 173 Å². The molecule has 0 fully saturated rings. The van der Waals surface area contributed by atoms with E-state index in [0.29, 0.717) is 35.5 Å². The molecule has 0 bridgehead atoms. The lowest BCUT2D eigenvalue weighted by Crippen LogP contribution is -2.35. The van der Waals surface area contributed by atoms with Gasteiger partial charge in [-0.25, -0.2) is 13.4 Å².